The Morgan fingerprint density at radius 2 is 0.800 bits per heavy atom. The van der Waals surface area contributed by atoms with Crippen molar-refractivity contribution in [2.75, 3.05) is 161 Å². The number of anilines is 1. The van der Waals surface area contributed by atoms with E-state index in [0.717, 1.165) is 108 Å². The van der Waals surface area contributed by atoms with Crippen LogP contribution >= 0.6 is 106 Å². The maximum Gasteiger partial charge on any atom is 1.00 e. The molecule has 17 nitrogen and oxygen atoms in total. The molecule has 2 aromatic heterocycles. The molecule has 7 fully saturated rings. The first-order valence-electron chi connectivity index (χ1n) is 44.6. The van der Waals surface area contributed by atoms with Gasteiger partial charge in [0, 0.05) is 172 Å². The third-order valence-electron chi connectivity index (χ3n) is 21.4. The van der Waals surface area contributed by atoms with E-state index >= 15 is 0 Å². The number of para-hydroxylation sites is 1. The summed E-state index contributed by atoms with van der Waals surface area (Å²) in [5.74, 6) is 2.37. The summed E-state index contributed by atoms with van der Waals surface area (Å²) in [6.07, 6.45) is 16.8. The van der Waals surface area contributed by atoms with Crippen molar-refractivity contribution in [3.8, 4) is 0 Å². The number of rotatable bonds is 15. The van der Waals surface area contributed by atoms with Crippen LogP contribution in [-0.4, -0.2) is 204 Å². The molecule has 0 saturated carbocycles. The van der Waals surface area contributed by atoms with E-state index in [0.29, 0.717) is 13.2 Å². The van der Waals surface area contributed by atoms with Crippen LogP contribution in [0.3, 0.4) is 0 Å². The molecular weight excluding hydrogens is 1980 g/mol. The van der Waals surface area contributed by atoms with Crippen LogP contribution in [0.5, 0.6) is 0 Å². The van der Waals surface area contributed by atoms with E-state index in [9.17, 15) is 4.89 Å². The molecule has 0 aliphatic carbocycles. The summed E-state index contributed by atoms with van der Waals surface area (Å²) >= 11 is 59.7. The Morgan fingerprint density at radius 3 is 1.15 bits per heavy atom. The van der Waals surface area contributed by atoms with Crippen LogP contribution < -0.4 is 115 Å². The molecule has 8 N–H and O–H groups in total. The molecule has 708 valence electrons. The second-order valence-electron chi connectivity index (χ2n) is 31.8. The number of aryl methyl sites for hydroxylation is 5. The van der Waals surface area contributed by atoms with Crippen molar-refractivity contribution in [1.29, 1.82) is 0 Å². The number of likely N-dealkylation sites (N-methyl/N-ethyl adjacent to an activating group) is 1. The summed E-state index contributed by atoms with van der Waals surface area (Å²) < 4.78 is 16.2. The first kappa shape index (κ1) is 118. The molecule has 9 heterocycles. The number of hydrogen-bond donors (Lipinski definition) is 12. The molecule has 7 saturated heterocycles. The van der Waals surface area contributed by atoms with Crippen molar-refractivity contribution in [3.05, 3.63) is 283 Å². The summed E-state index contributed by atoms with van der Waals surface area (Å²) in [7, 11) is 2.15. The molecule has 7 aliphatic rings. The van der Waals surface area contributed by atoms with Crippen LogP contribution in [0.4, 0.5) is 5.69 Å². The largest absolute Gasteiger partial charge is 1.00 e. The first-order valence-corrected chi connectivity index (χ1v) is 68.0. The van der Waals surface area contributed by atoms with Gasteiger partial charge in [0.25, 0.3) is 0 Å². The number of piperidine rings is 3. The Morgan fingerprint density at radius 1 is 0.423 bits per heavy atom. The number of nitrogens with two attached hydrogens (primary N) is 1. The minimum absolute atomic E-state index is 0. The molecule has 6 unspecified atom stereocenters. The van der Waals surface area contributed by atoms with Crippen molar-refractivity contribution in [3.63, 3.8) is 0 Å². The second kappa shape index (κ2) is 65.3. The average Bonchev–Trinajstić information content (AvgIpc) is 1.37. The van der Waals surface area contributed by atoms with Gasteiger partial charge in [-0.25, -0.2) is 9.12 Å². The summed E-state index contributed by atoms with van der Waals surface area (Å²) in [5, 5.41) is 20.8. The van der Waals surface area contributed by atoms with Gasteiger partial charge in [-0.3, -0.25) is 24.2 Å². The fraction of sp³-hybridized carbons (Fsp3) is 0.426. The topological polar surface area (TPSA) is 170 Å². The number of thioether (sulfide) groups is 1. The quantitative estimate of drug-likeness (QED) is 0.0266. The summed E-state index contributed by atoms with van der Waals surface area (Å²) in [6, 6.07) is 76.2. The second-order valence-corrected chi connectivity index (χ2v) is 68.1. The monoisotopic (exact) mass is 2120 g/mol. The number of ether oxygens (including phenoxy) is 1. The van der Waals surface area contributed by atoms with Gasteiger partial charge in [0.2, 0.25) is 0 Å². The third kappa shape index (κ3) is 43.7. The van der Waals surface area contributed by atoms with Crippen molar-refractivity contribution < 1.29 is 62.4 Å². The summed E-state index contributed by atoms with van der Waals surface area (Å²) in [4.78, 5) is 15.2. The minimum atomic E-state index is -2.53. The molecule has 17 rings (SSSR count). The van der Waals surface area contributed by atoms with E-state index < -0.39 is 33.4 Å². The van der Waals surface area contributed by atoms with Gasteiger partial charge >= 0.3 is 51.4 Å². The minimum Gasteiger partial charge on any atom is -1.00 e. The van der Waals surface area contributed by atoms with E-state index in [2.05, 4.69) is 278 Å². The predicted octanol–water partition coefficient (Wildman–Crippen LogP) is 15.7. The number of aromatic nitrogens is 4. The number of piperazine rings is 2. The van der Waals surface area contributed by atoms with E-state index in [-0.39, 0.29) is 52.8 Å². The molecule has 10 aromatic rings. The van der Waals surface area contributed by atoms with Crippen LogP contribution in [-0.2, 0) is 82.1 Å². The number of morpholine rings is 1. The van der Waals surface area contributed by atoms with Crippen molar-refractivity contribution >= 4 is 215 Å². The normalized spacial score (nSPS) is 18.8. The van der Waals surface area contributed by atoms with Crippen LogP contribution in [0, 0.1) is 34.6 Å². The van der Waals surface area contributed by atoms with E-state index in [1.165, 1.54) is 164 Å². The van der Waals surface area contributed by atoms with Crippen LogP contribution in [0.2, 0.25) is 0 Å². The van der Waals surface area contributed by atoms with Crippen LogP contribution in [0.25, 0.3) is 0 Å². The smallest absolute Gasteiger partial charge is 1.00 e. The number of nitrogens with one attached hydrogen (secondary N) is 5. The first-order chi connectivity index (χ1) is 62.0. The predicted molar refractivity (Wildman–Crippen MR) is 609 cm³/mol. The molecule has 130 heavy (non-hydrogen) atoms. The Balaban J connectivity index is 0.000000263. The molecule has 36 heteroatoms. The zero-order chi connectivity index (χ0) is 93.2. The Bertz CT molecular complexity index is 4830. The van der Waals surface area contributed by atoms with Crippen LogP contribution in [0.1, 0.15) is 99.5 Å². The molecular formula is C94H142KN15O2P6S12. The van der Waals surface area contributed by atoms with Crippen molar-refractivity contribution in [1.82, 2.24) is 64.4 Å². The number of hydrogen-bond acceptors (Lipinski definition) is 16. The van der Waals surface area contributed by atoms with E-state index in [1.807, 2.05) is 102 Å². The maximum atomic E-state index is 10.4. The maximum absolute atomic E-state index is 10.4. The molecule has 0 bridgehead atoms. The zero-order valence-electron chi connectivity index (χ0n) is 78.2. The average molecular weight is 2120 g/mol. The van der Waals surface area contributed by atoms with Crippen molar-refractivity contribution in [2.45, 2.75) is 106 Å². The van der Waals surface area contributed by atoms with E-state index in [1.54, 1.807) is 23.0 Å². The Kier molecular flexibility index (Phi) is 59.2. The Labute approximate surface area is 886 Å². The van der Waals surface area contributed by atoms with Crippen LogP contribution in [0.15, 0.2) is 249 Å². The number of H-pyrrole nitrogens is 1. The summed E-state index contributed by atoms with van der Waals surface area (Å²) in [6.45, 7) is 34.7. The number of nitrogens with zero attached hydrogens (tertiary/aromatic N) is 9. The fourth-order valence-electron chi connectivity index (χ4n) is 13.7. The third-order valence-corrected chi connectivity index (χ3v) is 48.5. The number of thiol groups is 5. The standard InChI is InChI=1S/C17H21N2PS2.C14H16NPS2.C12H18NPS2.C11H16NPS3.C10H11N2PS2.C10H14NO2PS.C5H12N2.2C5H11N.C3H4N2.C2H7N.K.H/c1-15-7-9-17(10-8-15)20(21,22)19-13-11-18(12-14-19)16-5-3-2-4-6-16;1-12-7-9-14(10-8-12)16(17,18)15-11-13-5-3-2-4-6-13;1-11-5-7-12(8-6-11)14(15,16)13-9-3-2-4-10-13;1-10-2-4-11(5-3-10)13(14,15)12-6-8-16-9-7-12;1-9-3-5-10(6-4-9)13(14,15)12-8-2-7-11-12;12-14(15,10-4-2-1-3-5-10)11-6-8-13-9-7-11;1-7-4-2-6-3-5-7;2*1-2-4-6-5-3-1;1-2-4-5-3-1;1-2-3;;/h2-10H,11-14H2,1H3,(H,21,22);2-10H,11H2,1H3,(H2,15,17,18);5-8H,2-4,9-10H2,1H3,(H,15,16);2-5H,6-9H2,1H3,(H,14,15);2-8H,1H3,(H,14,15);1-5H,6-9H2,(H,12,15);6H,2-5H2,1H3;2*6H,1-5H2;1-3H,(H,4,5);2-3H2,1H3;;/q;;;;;;;;;;;+1;-1. The van der Waals surface area contributed by atoms with Gasteiger partial charge < -0.3 is 42.5 Å². The SMILES string of the molecule is C1CCNCC1.C1CCNCC1.CCN.CN1CCNCC1.Cc1ccc(P(=S)(S)N2CCCCC2)cc1.Cc1ccc(P(=S)(S)N2CCN(c3ccccc3)CC2)cc1.Cc1ccc(P(=S)(S)N2CCSCC2)cc1.Cc1ccc(P(=S)(S)NCc2ccccc2)cc1.Cc1ccc(P(=S)(S)n2cccn2)cc1.OP(=S)(c1ccccc1)N1CCOCC1.[H-].[K+].c1cn[nH]c1. The van der Waals surface area contributed by atoms with Crippen molar-refractivity contribution in [2.24, 2.45) is 5.73 Å². The van der Waals surface area contributed by atoms with Gasteiger partial charge in [-0.15, -0.1) is 61.2 Å². The van der Waals surface area contributed by atoms with Gasteiger partial charge in [-0.05, 0) is 155 Å². The molecule has 0 radical (unpaired) electrons. The molecule has 8 aromatic carbocycles. The molecule has 6 atom stereocenters. The van der Waals surface area contributed by atoms with Gasteiger partial charge in [0.05, 0.1) is 34.8 Å². The van der Waals surface area contributed by atoms with Gasteiger partial charge in [-0.1, -0.05) is 313 Å². The van der Waals surface area contributed by atoms with E-state index in [4.69, 9.17) is 118 Å². The molecule has 7 aliphatic heterocycles. The van der Waals surface area contributed by atoms with Gasteiger partial charge in [-0.2, -0.15) is 22.0 Å². The van der Waals surface area contributed by atoms with Gasteiger partial charge in [0.15, 0.2) is 6.42 Å². The summed E-state index contributed by atoms with van der Waals surface area (Å²) in [5.41, 5.74) is 13.7. The van der Waals surface area contributed by atoms with Gasteiger partial charge in [0.1, 0.15) is 5.39 Å². The molecule has 0 spiro atoms. The Hall–Kier alpha value is -0.864. The number of aromatic amines is 1. The zero-order valence-corrected chi connectivity index (χ0v) is 95.9. The molecule has 0 amide bonds. The fourth-order valence-corrected chi connectivity index (χ4v) is 32.4. The number of benzene rings is 8.